The van der Waals surface area contributed by atoms with Gasteiger partial charge in [-0.2, -0.15) is 5.26 Å². The Balaban J connectivity index is 1.53. The van der Waals surface area contributed by atoms with E-state index >= 15 is 0 Å². The zero-order chi connectivity index (χ0) is 18.8. The maximum atomic E-state index is 10.4. The average molecular weight is 356 g/mol. The molecular weight excluding hydrogens is 322 g/mol. The lowest BCUT2D eigenvalue weighted by atomic mass is 9.59. The van der Waals surface area contributed by atoms with Gasteiger partial charge in [0.2, 0.25) is 0 Å². The Morgan fingerprint density at radius 2 is 2.08 bits per heavy atom. The fraction of sp³-hybridized carbons (Fsp3) is 0.682. The number of likely N-dealkylation sites (tertiary alicyclic amines) is 1. The molecule has 2 aliphatic heterocycles. The molecule has 2 fully saturated rings. The monoisotopic (exact) mass is 355 g/mol. The summed E-state index contributed by atoms with van der Waals surface area (Å²) in [5, 5.41) is 23.0. The number of piperidine rings is 2. The highest BCUT2D eigenvalue weighted by Crippen LogP contribution is 2.48. The number of hydrogen-bond donors (Lipinski definition) is 2. The quantitative estimate of drug-likeness (QED) is 0.850. The van der Waals surface area contributed by atoms with Crippen LogP contribution in [-0.2, 0) is 0 Å². The Labute approximate surface area is 158 Å². The van der Waals surface area contributed by atoms with Crippen molar-refractivity contribution in [1.29, 1.82) is 5.26 Å². The zero-order valence-corrected chi connectivity index (χ0v) is 16.5. The number of aliphatic hydroxyl groups is 1. The van der Waals surface area contributed by atoms with Gasteiger partial charge in [-0.15, -0.1) is 0 Å². The molecule has 1 aromatic rings. The lowest BCUT2D eigenvalue weighted by Crippen LogP contribution is -2.62. The fourth-order valence-electron chi connectivity index (χ4n) is 4.75. The number of rotatable bonds is 5. The van der Waals surface area contributed by atoms with Crippen molar-refractivity contribution in [2.45, 2.75) is 46.1 Å². The summed E-state index contributed by atoms with van der Waals surface area (Å²) in [4.78, 5) is 2.63. The third kappa shape index (κ3) is 4.11. The van der Waals surface area contributed by atoms with Gasteiger partial charge in [0.1, 0.15) is 0 Å². The smallest absolute Gasteiger partial charge is 0.0991 e. The standard InChI is InChI=1S/C22H33N3O/c1-21(2,3)22-11-18(13-24-15-22)14-25(16-22)10-4-5-20(26)19-8-6-17(12-23)7-9-19/h6-9,18,20,24,26H,4-5,10-11,13-16H2,1-3H3. The molecule has 142 valence electrons. The molecule has 1 aromatic carbocycles. The number of fused-ring (bicyclic) bond motifs is 2. The molecule has 2 heterocycles. The summed E-state index contributed by atoms with van der Waals surface area (Å²) in [5.74, 6) is 0.750. The summed E-state index contributed by atoms with van der Waals surface area (Å²) in [6.07, 6.45) is 2.67. The number of nitrogens with one attached hydrogen (secondary N) is 1. The molecular formula is C22H33N3O. The second kappa shape index (κ2) is 7.68. The largest absolute Gasteiger partial charge is 0.388 e. The third-order valence-corrected chi connectivity index (χ3v) is 6.59. The highest BCUT2D eigenvalue weighted by Gasteiger charge is 2.49. The molecule has 26 heavy (non-hydrogen) atoms. The molecule has 0 saturated carbocycles. The lowest BCUT2D eigenvalue weighted by molar-refractivity contribution is -0.0526. The molecule has 0 aromatic heterocycles. The number of hydrogen-bond acceptors (Lipinski definition) is 4. The van der Waals surface area contributed by atoms with Crippen LogP contribution >= 0.6 is 0 Å². The molecule has 0 radical (unpaired) electrons. The minimum Gasteiger partial charge on any atom is -0.388 e. The van der Waals surface area contributed by atoms with Crippen molar-refractivity contribution in [3.8, 4) is 6.07 Å². The van der Waals surface area contributed by atoms with E-state index in [0.29, 0.717) is 16.4 Å². The first-order valence-corrected chi connectivity index (χ1v) is 9.94. The molecule has 4 heteroatoms. The van der Waals surface area contributed by atoms with Crippen molar-refractivity contribution >= 4 is 0 Å². The van der Waals surface area contributed by atoms with Gasteiger partial charge in [0.05, 0.1) is 17.7 Å². The second-order valence-electron chi connectivity index (χ2n) is 9.36. The van der Waals surface area contributed by atoms with Crippen molar-refractivity contribution in [2.75, 3.05) is 32.7 Å². The summed E-state index contributed by atoms with van der Waals surface area (Å²) >= 11 is 0. The fourth-order valence-corrected chi connectivity index (χ4v) is 4.75. The molecule has 0 aliphatic carbocycles. The minimum atomic E-state index is -0.440. The first kappa shape index (κ1) is 19.4. The first-order chi connectivity index (χ1) is 12.3. The maximum absolute atomic E-state index is 10.4. The van der Waals surface area contributed by atoms with Crippen molar-refractivity contribution in [1.82, 2.24) is 10.2 Å². The van der Waals surface area contributed by atoms with Crippen molar-refractivity contribution in [3.63, 3.8) is 0 Å². The zero-order valence-electron chi connectivity index (χ0n) is 16.5. The number of nitriles is 1. The van der Waals surface area contributed by atoms with E-state index in [1.54, 1.807) is 12.1 Å². The minimum absolute atomic E-state index is 0.305. The van der Waals surface area contributed by atoms with Crippen LogP contribution in [0, 0.1) is 28.1 Å². The van der Waals surface area contributed by atoms with Crippen LogP contribution in [0.25, 0.3) is 0 Å². The van der Waals surface area contributed by atoms with E-state index in [-0.39, 0.29) is 0 Å². The molecule has 0 spiro atoms. The molecule has 2 aliphatic rings. The number of benzene rings is 1. The van der Waals surface area contributed by atoms with Crippen LogP contribution in [0.3, 0.4) is 0 Å². The van der Waals surface area contributed by atoms with Gasteiger partial charge in [0.15, 0.2) is 0 Å². The highest BCUT2D eigenvalue weighted by atomic mass is 16.3. The van der Waals surface area contributed by atoms with Crippen LogP contribution < -0.4 is 5.32 Å². The van der Waals surface area contributed by atoms with Crippen molar-refractivity contribution in [2.24, 2.45) is 16.7 Å². The van der Waals surface area contributed by atoms with E-state index in [4.69, 9.17) is 5.26 Å². The van der Waals surface area contributed by atoms with Gasteiger partial charge >= 0.3 is 0 Å². The summed E-state index contributed by atoms with van der Waals surface area (Å²) in [6, 6.07) is 9.42. The lowest BCUT2D eigenvalue weighted by Gasteiger charge is -2.56. The van der Waals surface area contributed by atoms with Crippen LogP contribution in [0.2, 0.25) is 0 Å². The molecule has 3 unspecified atom stereocenters. The van der Waals surface area contributed by atoms with Gasteiger partial charge in [0, 0.05) is 25.0 Å². The van der Waals surface area contributed by atoms with E-state index in [2.05, 4.69) is 37.1 Å². The summed E-state index contributed by atoms with van der Waals surface area (Å²) < 4.78 is 0. The SMILES string of the molecule is CC(C)(C)C12CNCC(CN(CCCC(O)c3ccc(C#N)cc3)C1)C2. The van der Waals surface area contributed by atoms with E-state index < -0.39 is 6.10 Å². The van der Waals surface area contributed by atoms with E-state index in [1.807, 2.05) is 12.1 Å². The predicted molar refractivity (Wildman–Crippen MR) is 105 cm³/mol. The van der Waals surface area contributed by atoms with Crippen LogP contribution in [0.4, 0.5) is 0 Å². The number of nitrogens with zero attached hydrogens (tertiary/aromatic N) is 2. The topological polar surface area (TPSA) is 59.3 Å². The van der Waals surface area contributed by atoms with E-state index in [9.17, 15) is 5.11 Å². The highest BCUT2D eigenvalue weighted by molar-refractivity contribution is 5.32. The van der Waals surface area contributed by atoms with Gasteiger partial charge in [-0.3, -0.25) is 0 Å². The van der Waals surface area contributed by atoms with Crippen molar-refractivity contribution < 1.29 is 5.11 Å². The molecule has 3 rings (SSSR count). The van der Waals surface area contributed by atoms with Crippen LogP contribution in [-0.4, -0.2) is 42.7 Å². The summed E-state index contributed by atoms with van der Waals surface area (Å²) in [6.45, 7) is 12.8. The van der Waals surface area contributed by atoms with Gasteiger partial charge in [-0.05, 0) is 61.4 Å². The molecule has 0 amide bonds. The van der Waals surface area contributed by atoms with Crippen molar-refractivity contribution in [3.05, 3.63) is 35.4 Å². The normalized spacial score (nSPS) is 27.7. The Kier molecular flexibility index (Phi) is 5.72. The molecule has 2 saturated heterocycles. The predicted octanol–water partition coefficient (Wildman–Crippen LogP) is 3.33. The van der Waals surface area contributed by atoms with Gasteiger partial charge in [0.25, 0.3) is 0 Å². The van der Waals surface area contributed by atoms with Crippen LogP contribution in [0.1, 0.15) is 57.3 Å². The first-order valence-electron chi connectivity index (χ1n) is 9.94. The summed E-state index contributed by atoms with van der Waals surface area (Å²) in [7, 11) is 0. The Bertz CT molecular complexity index is 643. The molecule has 2 bridgehead atoms. The Morgan fingerprint density at radius 3 is 2.73 bits per heavy atom. The summed E-state index contributed by atoms with van der Waals surface area (Å²) in [5.41, 5.74) is 2.22. The van der Waals surface area contributed by atoms with Gasteiger partial charge < -0.3 is 15.3 Å². The molecule has 4 nitrogen and oxygen atoms in total. The number of aliphatic hydroxyl groups excluding tert-OH is 1. The Hall–Kier alpha value is -1.41. The van der Waals surface area contributed by atoms with Gasteiger partial charge in [-0.25, -0.2) is 0 Å². The van der Waals surface area contributed by atoms with Gasteiger partial charge in [-0.1, -0.05) is 32.9 Å². The van der Waals surface area contributed by atoms with Crippen LogP contribution in [0.15, 0.2) is 24.3 Å². The van der Waals surface area contributed by atoms with Crippen LogP contribution in [0.5, 0.6) is 0 Å². The van der Waals surface area contributed by atoms with E-state index in [0.717, 1.165) is 50.5 Å². The molecule has 3 atom stereocenters. The maximum Gasteiger partial charge on any atom is 0.0991 e. The second-order valence-corrected chi connectivity index (χ2v) is 9.36. The molecule has 2 N–H and O–H groups in total. The van der Waals surface area contributed by atoms with E-state index in [1.165, 1.54) is 13.0 Å². The Morgan fingerprint density at radius 1 is 1.35 bits per heavy atom. The average Bonchev–Trinajstić information content (AvgIpc) is 2.60. The third-order valence-electron chi connectivity index (χ3n) is 6.59.